The summed E-state index contributed by atoms with van der Waals surface area (Å²) in [6.45, 7) is 0.369. The van der Waals surface area contributed by atoms with Gasteiger partial charge in [-0.3, -0.25) is 0 Å². The molecule has 0 fully saturated rings. The lowest BCUT2D eigenvalue weighted by Crippen LogP contribution is -2.44. The second-order valence-corrected chi connectivity index (χ2v) is 6.16. The number of aromatic nitrogens is 6. The van der Waals surface area contributed by atoms with Crippen LogP contribution in [-0.4, -0.2) is 46.8 Å². The average Bonchev–Trinajstić information content (AvgIpc) is 3.20. The van der Waals surface area contributed by atoms with Crippen LogP contribution in [0.4, 0.5) is 0 Å². The molecule has 2 heterocycles. The smallest absolute Gasteiger partial charge is 0.138 e. The minimum Gasteiger partial charge on any atom is -0.489 e. The number of halogens is 2. The maximum atomic E-state index is 11.0. The molecule has 3 rings (SSSR count). The van der Waals surface area contributed by atoms with Crippen LogP contribution in [0.25, 0.3) is 0 Å². The van der Waals surface area contributed by atoms with Crippen molar-refractivity contribution < 1.29 is 9.84 Å². The van der Waals surface area contributed by atoms with E-state index in [1.165, 1.54) is 30.0 Å². The normalized spacial score (nSPS) is 13.6. The average molecular weight is 369 g/mol. The third-order valence-electron chi connectivity index (χ3n) is 3.26. The first-order chi connectivity index (χ1) is 11.5. The highest BCUT2D eigenvalue weighted by Gasteiger charge is 2.30. The summed E-state index contributed by atoms with van der Waals surface area (Å²) in [5.74, 6) is 0.432. The second-order valence-electron chi connectivity index (χ2n) is 5.32. The zero-order valence-corrected chi connectivity index (χ0v) is 14.0. The van der Waals surface area contributed by atoms with Gasteiger partial charge in [-0.05, 0) is 18.2 Å². The van der Waals surface area contributed by atoms with Gasteiger partial charge < -0.3 is 14.4 Å². The summed E-state index contributed by atoms with van der Waals surface area (Å²) in [5.41, 5.74) is -1.28. The molecule has 0 saturated heterocycles. The summed E-state index contributed by atoms with van der Waals surface area (Å²) in [5, 5.41) is 23.4. The molecule has 0 aliphatic rings. The van der Waals surface area contributed by atoms with Crippen LogP contribution in [0.15, 0.2) is 43.5 Å². The highest BCUT2D eigenvalue weighted by molar-refractivity contribution is 6.35. The highest BCUT2D eigenvalue weighted by atomic mass is 35.5. The molecule has 1 atom stereocenters. The predicted octanol–water partition coefficient (Wildman–Crippen LogP) is 1.69. The standard InChI is InChI=1S/C14H14Cl2N6O2/c15-11-1-2-13(12(16)3-11)24-6-14(23,4-21-9-18-19-10-21)5-22-8-17-7-20-22/h1-3,7-10,23H,4-6H2. The monoisotopic (exact) mass is 368 g/mol. The molecule has 10 heteroatoms. The summed E-state index contributed by atoms with van der Waals surface area (Å²) < 4.78 is 8.88. The van der Waals surface area contributed by atoms with Gasteiger partial charge in [-0.1, -0.05) is 23.2 Å². The van der Waals surface area contributed by atoms with Crippen LogP contribution in [0.3, 0.4) is 0 Å². The molecule has 126 valence electrons. The Hall–Kier alpha value is -2.16. The number of rotatable bonds is 7. The Labute approximate surface area is 147 Å². The molecule has 0 amide bonds. The molecule has 0 radical (unpaired) electrons. The molecule has 8 nitrogen and oxygen atoms in total. The van der Waals surface area contributed by atoms with Gasteiger partial charge >= 0.3 is 0 Å². The van der Waals surface area contributed by atoms with E-state index in [0.29, 0.717) is 15.8 Å². The van der Waals surface area contributed by atoms with Crippen LogP contribution < -0.4 is 4.74 Å². The summed E-state index contributed by atoms with van der Waals surface area (Å²) in [7, 11) is 0. The van der Waals surface area contributed by atoms with E-state index in [1.54, 1.807) is 22.8 Å². The number of nitrogens with zero attached hydrogens (tertiary/aromatic N) is 6. The van der Waals surface area contributed by atoms with E-state index in [2.05, 4.69) is 20.3 Å². The molecule has 1 unspecified atom stereocenters. The number of aliphatic hydroxyl groups is 1. The van der Waals surface area contributed by atoms with Crippen LogP contribution in [0.2, 0.25) is 10.0 Å². The van der Waals surface area contributed by atoms with Gasteiger partial charge in [-0.15, -0.1) is 10.2 Å². The fourth-order valence-electron chi connectivity index (χ4n) is 2.21. The van der Waals surface area contributed by atoms with Gasteiger partial charge in [0.1, 0.15) is 43.3 Å². The van der Waals surface area contributed by atoms with E-state index < -0.39 is 5.60 Å². The first-order valence-corrected chi connectivity index (χ1v) is 7.75. The van der Waals surface area contributed by atoms with Crippen molar-refractivity contribution in [2.75, 3.05) is 6.61 Å². The van der Waals surface area contributed by atoms with Crippen molar-refractivity contribution in [1.29, 1.82) is 0 Å². The summed E-state index contributed by atoms with van der Waals surface area (Å²) in [6.07, 6.45) is 5.95. The maximum Gasteiger partial charge on any atom is 0.138 e. The molecule has 0 aliphatic heterocycles. The fraction of sp³-hybridized carbons (Fsp3) is 0.286. The van der Waals surface area contributed by atoms with Crippen LogP contribution >= 0.6 is 23.2 Å². The quantitative estimate of drug-likeness (QED) is 0.682. The molecule has 0 aliphatic carbocycles. The minimum atomic E-state index is -1.28. The Morgan fingerprint density at radius 3 is 2.58 bits per heavy atom. The molecule has 0 spiro atoms. The van der Waals surface area contributed by atoms with Crippen LogP contribution in [0, 0.1) is 0 Å². The van der Waals surface area contributed by atoms with Crippen molar-refractivity contribution in [2.24, 2.45) is 0 Å². The van der Waals surface area contributed by atoms with Crippen molar-refractivity contribution in [2.45, 2.75) is 18.7 Å². The van der Waals surface area contributed by atoms with E-state index in [9.17, 15) is 5.11 Å². The van der Waals surface area contributed by atoms with Crippen molar-refractivity contribution in [3.8, 4) is 5.75 Å². The molecule has 1 aromatic carbocycles. The molecule has 24 heavy (non-hydrogen) atoms. The molecule has 1 N–H and O–H groups in total. The van der Waals surface area contributed by atoms with Crippen molar-refractivity contribution in [1.82, 2.24) is 29.5 Å². The van der Waals surface area contributed by atoms with E-state index in [4.69, 9.17) is 27.9 Å². The van der Waals surface area contributed by atoms with E-state index in [1.807, 2.05) is 0 Å². The number of benzene rings is 1. The number of hydrogen-bond acceptors (Lipinski definition) is 6. The van der Waals surface area contributed by atoms with Gasteiger partial charge in [-0.2, -0.15) is 5.10 Å². The minimum absolute atomic E-state index is 0.0214. The summed E-state index contributed by atoms with van der Waals surface area (Å²) in [4.78, 5) is 3.88. The van der Waals surface area contributed by atoms with Crippen molar-refractivity contribution >= 4 is 23.2 Å². The summed E-state index contributed by atoms with van der Waals surface area (Å²) >= 11 is 12.0. The van der Waals surface area contributed by atoms with Crippen LogP contribution in [0.1, 0.15) is 0 Å². The van der Waals surface area contributed by atoms with E-state index in [0.717, 1.165) is 0 Å². The maximum absolute atomic E-state index is 11.0. The Kier molecular flexibility index (Phi) is 4.98. The Morgan fingerprint density at radius 2 is 1.92 bits per heavy atom. The molecule has 2 aromatic heterocycles. The van der Waals surface area contributed by atoms with Crippen molar-refractivity contribution in [3.63, 3.8) is 0 Å². The van der Waals surface area contributed by atoms with Gasteiger partial charge in [-0.25, -0.2) is 9.67 Å². The van der Waals surface area contributed by atoms with Crippen LogP contribution in [-0.2, 0) is 13.1 Å². The number of ether oxygens (including phenoxy) is 1. The molecular weight excluding hydrogens is 355 g/mol. The number of hydrogen-bond donors (Lipinski definition) is 1. The zero-order chi connectivity index (χ0) is 17.0. The van der Waals surface area contributed by atoms with Gasteiger partial charge in [0, 0.05) is 5.02 Å². The van der Waals surface area contributed by atoms with Gasteiger partial charge in [0.2, 0.25) is 0 Å². The van der Waals surface area contributed by atoms with Gasteiger partial charge in [0.15, 0.2) is 0 Å². The van der Waals surface area contributed by atoms with Gasteiger partial charge in [0.05, 0.1) is 18.1 Å². The van der Waals surface area contributed by atoms with E-state index >= 15 is 0 Å². The lowest BCUT2D eigenvalue weighted by Gasteiger charge is -2.28. The first-order valence-electron chi connectivity index (χ1n) is 6.99. The highest BCUT2D eigenvalue weighted by Crippen LogP contribution is 2.28. The van der Waals surface area contributed by atoms with Crippen molar-refractivity contribution in [3.05, 3.63) is 53.6 Å². The second kappa shape index (κ2) is 7.16. The summed E-state index contributed by atoms with van der Waals surface area (Å²) in [6, 6.07) is 4.90. The first kappa shape index (κ1) is 16.7. The largest absolute Gasteiger partial charge is 0.489 e. The third-order valence-corrected chi connectivity index (χ3v) is 3.79. The lowest BCUT2D eigenvalue weighted by atomic mass is 10.1. The zero-order valence-electron chi connectivity index (χ0n) is 12.5. The lowest BCUT2D eigenvalue weighted by molar-refractivity contribution is -0.0355. The topological polar surface area (TPSA) is 90.9 Å². The van der Waals surface area contributed by atoms with Crippen LogP contribution in [0.5, 0.6) is 5.75 Å². The van der Waals surface area contributed by atoms with Gasteiger partial charge in [0.25, 0.3) is 0 Å². The molecular formula is C14H14Cl2N6O2. The third kappa shape index (κ3) is 4.22. The Morgan fingerprint density at radius 1 is 1.12 bits per heavy atom. The fourth-order valence-corrected chi connectivity index (χ4v) is 2.67. The molecule has 3 aromatic rings. The Balaban J connectivity index is 1.76. The molecule has 0 saturated carbocycles. The molecule has 0 bridgehead atoms. The predicted molar refractivity (Wildman–Crippen MR) is 87.0 cm³/mol. The SMILES string of the molecule is OC(COc1ccc(Cl)cc1Cl)(Cn1cnnc1)Cn1cncn1. The van der Waals surface area contributed by atoms with E-state index in [-0.39, 0.29) is 19.7 Å². The Bertz CT molecular complexity index is 742.